The van der Waals surface area contributed by atoms with Gasteiger partial charge in [-0.3, -0.25) is 24.5 Å². The quantitative estimate of drug-likeness (QED) is 0.0858. The number of aromatic nitrogens is 4. The highest BCUT2D eigenvalue weighted by molar-refractivity contribution is 8.01. The van der Waals surface area contributed by atoms with Crippen molar-refractivity contribution in [3.63, 3.8) is 0 Å². The van der Waals surface area contributed by atoms with Crippen LogP contribution < -0.4 is 20.6 Å². The smallest absolute Gasteiger partial charge is 0.313 e. The first-order valence-electron chi connectivity index (χ1n) is 11.6. The van der Waals surface area contributed by atoms with E-state index in [1.807, 2.05) is 0 Å². The van der Waals surface area contributed by atoms with Crippen LogP contribution in [-0.2, 0) is 14.4 Å². The Balaban J connectivity index is 1.32. The number of nitrogens with zero attached hydrogens (tertiary/aromatic N) is 7. The standard InChI is InChI=1S/C21H19N9O8S4/c1-37-10-3-2-9(30(35)36)4-11(10)38-27-12(14-25-19(22)42-28-14)15(31)24-13-16(32)29-5-21(18(33)34,6-39-17(13)29)7-40-20-26-23-8-41-20/h2-4,8,13,17H,5-7H2,1H3,(H,24,31)(H,33,34)(H2,22,25,28)/t13?,17-,21?/m1/s1. The van der Waals surface area contributed by atoms with Gasteiger partial charge in [0.05, 0.1) is 18.1 Å². The predicted octanol–water partition coefficient (Wildman–Crippen LogP) is 0.935. The molecule has 3 aromatic rings. The van der Waals surface area contributed by atoms with E-state index < -0.39 is 45.2 Å². The Labute approximate surface area is 252 Å². The molecular weight excluding hydrogens is 635 g/mol. The fraction of sp³-hybridized carbons (Fsp3) is 0.333. The largest absolute Gasteiger partial charge is 0.493 e. The van der Waals surface area contributed by atoms with Crippen molar-refractivity contribution in [1.82, 2.24) is 29.8 Å². The molecule has 2 saturated heterocycles. The molecule has 2 unspecified atom stereocenters. The van der Waals surface area contributed by atoms with E-state index in [-0.39, 0.29) is 46.2 Å². The molecule has 2 amide bonds. The fourth-order valence-corrected chi connectivity index (χ4v) is 7.79. The van der Waals surface area contributed by atoms with Crippen molar-refractivity contribution in [3.05, 3.63) is 39.6 Å². The van der Waals surface area contributed by atoms with Crippen LogP contribution in [0.15, 0.2) is 33.2 Å². The molecule has 0 saturated carbocycles. The monoisotopic (exact) mass is 653 g/mol. The normalized spacial score (nSPS) is 21.7. The van der Waals surface area contributed by atoms with Gasteiger partial charge in [0.1, 0.15) is 22.3 Å². The number of carboxylic acid groups (broad SMARTS) is 1. The number of fused-ring (bicyclic) bond motifs is 1. The molecule has 4 N–H and O–H groups in total. The third-order valence-electron chi connectivity index (χ3n) is 6.16. The van der Waals surface area contributed by atoms with Gasteiger partial charge in [0, 0.05) is 35.6 Å². The molecular formula is C21H19N9O8S4. The third-order valence-corrected chi connectivity index (χ3v) is 10.4. The molecule has 2 aliphatic heterocycles. The van der Waals surface area contributed by atoms with Gasteiger partial charge in [-0.15, -0.1) is 22.0 Å². The SMILES string of the molecule is COc1ccc([N+](=O)[O-])cc1ON=C(C(=O)NC1C(=O)N2CC(CSc3nncs3)(C(=O)O)CS[C@H]12)c1nsc(N)n1. The summed E-state index contributed by atoms with van der Waals surface area (Å²) in [5.41, 5.74) is 5.25. The number of methoxy groups -OCH3 is 1. The maximum absolute atomic E-state index is 13.3. The van der Waals surface area contributed by atoms with E-state index in [0.29, 0.717) is 4.34 Å². The van der Waals surface area contributed by atoms with E-state index in [0.717, 1.165) is 17.6 Å². The van der Waals surface area contributed by atoms with Crippen LogP contribution in [0.4, 0.5) is 10.8 Å². The van der Waals surface area contributed by atoms with Crippen LogP contribution in [0.5, 0.6) is 11.5 Å². The Hall–Kier alpha value is -4.08. The fourth-order valence-electron chi connectivity index (χ4n) is 4.00. The Bertz CT molecular complexity index is 1570. The number of thioether (sulfide) groups is 2. The highest BCUT2D eigenvalue weighted by Gasteiger charge is 2.57. The molecule has 2 aromatic heterocycles. The number of anilines is 1. The predicted molar refractivity (Wildman–Crippen MR) is 152 cm³/mol. The molecule has 3 atom stereocenters. The van der Waals surface area contributed by atoms with Gasteiger partial charge in [-0.05, 0) is 6.07 Å². The molecule has 0 bridgehead atoms. The molecule has 2 fully saturated rings. The second-order valence-electron chi connectivity index (χ2n) is 8.78. The average molecular weight is 654 g/mol. The lowest BCUT2D eigenvalue weighted by Gasteiger charge is -2.53. The second-order valence-corrected chi connectivity index (χ2v) is 12.7. The van der Waals surface area contributed by atoms with Gasteiger partial charge in [-0.25, -0.2) is 0 Å². The minimum Gasteiger partial charge on any atom is -0.493 e. The molecule has 5 rings (SSSR count). The number of nitrogens with two attached hydrogens (primary N) is 1. The number of nitro groups is 1. The highest BCUT2D eigenvalue weighted by atomic mass is 32.2. The first-order chi connectivity index (χ1) is 20.1. The number of non-ortho nitro benzene ring substituents is 1. The minimum absolute atomic E-state index is 0.0311. The van der Waals surface area contributed by atoms with Gasteiger partial charge in [-0.1, -0.05) is 28.3 Å². The van der Waals surface area contributed by atoms with Crippen LogP contribution in [0.2, 0.25) is 0 Å². The van der Waals surface area contributed by atoms with E-state index in [1.165, 1.54) is 59.0 Å². The number of amides is 2. The van der Waals surface area contributed by atoms with Gasteiger partial charge in [0.15, 0.2) is 15.2 Å². The number of carboxylic acids is 1. The number of ether oxygens (including phenoxy) is 1. The number of oxime groups is 1. The maximum atomic E-state index is 13.3. The van der Waals surface area contributed by atoms with E-state index in [1.54, 1.807) is 5.51 Å². The van der Waals surface area contributed by atoms with Crippen molar-refractivity contribution in [2.45, 2.75) is 15.8 Å². The Morgan fingerprint density at radius 2 is 2.21 bits per heavy atom. The van der Waals surface area contributed by atoms with Gasteiger partial charge < -0.3 is 30.6 Å². The van der Waals surface area contributed by atoms with Crippen LogP contribution >= 0.6 is 46.4 Å². The summed E-state index contributed by atoms with van der Waals surface area (Å²) in [6.07, 6.45) is 0. The Morgan fingerprint density at radius 3 is 2.86 bits per heavy atom. The van der Waals surface area contributed by atoms with E-state index in [4.69, 9.17) is 15.3 Å². The summed E-state index contributed by atoms with van der Waals surface area (Å²) in [7, 11) is 1.32. The highest BCUT2D eigenvalue weighted by Crippen LogP contribution is 2.44. The summed E-state index contributed by atoms with van der Waals surface area (Å²) in [5.74, 6) is -2.27. The molecule has 0 aliphatic carbocycles. The Morgan fingerprint density at radius 1 is 1.40 bits per heavy atom. The zero-order valence-corrected chi connectivity index (χ0v) is 24.5. The third kappa shape index (κ3) is 5.80. The first kappa shape index (κ1) is 29.4. The van der Waals surface area contributed by atoms with Crippen molar-refractivity contribution in [2.75, 3.05) is 30.9 Å². The van der Waals surface area contributed by atoms with E-state index >= 15 is 0 Å². The minimum atomic E-state index is -1.22. The van der Waals surface area contributed by atoms with Gasteiger partial charge in [0.25, 0.3) is 11.6 Å². The number of hydrogen-bond acceptors (Lipinski definition) is 17. The molecule has 4 heterocycles. The molecule has 220 valence electrons. The van der Waals surface area contributed by atoms with Gasteiger partial charge >= 0.3 is 5.97 Å². The number of aliphatic carboxylic acids is 1. The topological polar surface area (TPSA) is 238 Å². The van der Waals surface area contributed by atoms with Crippen molar-refractivity contribution in [2.24, 2.45) is 10.6 Å². The number of carbonyl (C=O) groups is 3. The van der Waals surface area contributed by atoms with Gasteiger partial charge in [0.2, 0.25) is 23.2 Å². The van der Waals surface area contributed by atoms with Crippen LogP contribution in [0.3, 0.4) is 0 Å². The van der Waals surface area contributed by atoms with Crippen molar-refractivity contribution in [3.8, 4) is 11.5 Å². The molecule has 42 heavy (non-hydrogen) atoms. The summed E-state index contributed by atoms with van der Waals surface area (Å²) in [6, 6.07) is 2.58. The number of carbonyl (C=O) groups excluding carboxylic acids is 2. The van der Waals surface area contributed by atoms with Crippen molar-refractivity contribution in [1.29, 1.82) is 0 Å². The lowest BCUT2D eigenvalue weighted by Crippen LogP contribution is -2.74. The second kappa shape index (κ2) is 12.0. The van der Waals surface area contributed by atoms with E-state index in [9.17, 15) is 29.6 Å². The maximum Gasteiger partial charge on any atom is 0.313 e. The van der Waals surface area contributed by atoms with Crippen molar-refractivity contribution < 1.29 is 34.0 Å². The number of nitrogen functional groups attached to an aromatic ring is 1. The summed E-state index contributed by atoms with van der Waals surface area (Å²) in [4.78, 5) is 59.9. The van der Waals surface area contributed by atoms with E-state index in [2.05, 4.69) is 30.0 Å². The number of β-lactam (4-membered cyclic amide) rings is 1. The number of rotatable bonds is 11. The number of benzene rings is 1. The number of nitrogens with one attached hydrogen (secondary N) is 1. The molecule has 17 nitrogen and oxygen atoms in total. The lowest BCUT2D eigenvalue weighted by molar-refractivity contribution is -0.385. The number of hydrogen-bond donors (Lipinski definition) is 3. The molecule has 0 spiro atoms. The number of nitro benzene ring substituents is 1. The van der Waals surface area contributed by atoms with Crippen LogP contribution in [0, 0.1) is 15.5 Å². The average Bonchev–Trinajstić information content (AvgIpc) is 3.66. The lowest BCUT2D eigenvalue weighted by atomic mass is 9.89. The molecule has 1 aromatic carbocycles. The first-order valence-corrected chi connectivity index (χ1v) is 15.3. The summed E-state index contributed by atoms with van der Waals surface area (Å²) in [5, 5.41) is 34.8. The summed E-state index contributed by atoms with van der Waals surface area (Å²) >= 11 is 4.57. The van der Waals surface area contributed by atoms with Crippen LogP contribution in [-0.4, -0.2) is 94.6 Å². The van der Waals surface area contributed by atoms with Crippen LogP contribution in [0.1, 0.15) is 5.82 Å². The zero-order valence-electron chi connectivity index (χ0n) is 21.2. The molecule has 21 heteroatoms. The van der Waals surface area contributed by atoms with Gasteiger partial charge in [-0.2, -0.15) is 9.36 Å². The zero-order chi connectivity index (χ0) is 30.0. The Kier molecular flexibility index (Phi) is 8.43. The van der Waals surface area contributed by atoms with Crippen LogP contribution in [0.25, 0.3) is 0 Å². The summed E-state index contributed by atoms with van der Waals surface area (Å²) in [6.45, 7) is -0.0438. The molecule has 2 aliphatic rings. The summed E-state index contributed by atoms with van der Waals surface area (Å²) < 4.78 is 9.76. The van der Waals surface area contributed by atoms with Crippen molar-refractivity contribution >= 4 is 80.7 Å². The molecule has 0 radical (unpaired) electrons.